The molecule has 20 heavy (non-hydrogen) atoms. The molecule has 0 aliphatic rings. The van der Waals surface area contributed by atoms with Crippen LogP contribution in [0, 0.1) is 0 Å². The summed E-state index contributed by atoms with van der Waals surface area (Å²) < 4.78 is 1.08. The van der Waals surface area contributed by atoms with Crippen LogP contribution in [0.2, 0.25) is 0 Å². The molecule has 0 bridgehead atoms. The molecule has 5 nitrogen and oxygen atoms in total. The zero-order valence-corrected chi connectivity index (χ0v) is 13.5. The van der Waals surface area contributed by atoms with Gasteiger partial charge in [0.05, 0.1) is 0 Å². The minimum absolute atomic E-state index is 0.107. The molecule has 0 spiro atoms. The minimum Gasteiger partial charge on any atom is -0.362 e. The number of nitrogens with one attached hydrogen (secondary N) is 2. The van der Waals surface area contributed by atoms with E-state index in [0.717, 1.165) is 28.2 Å². The Hall–Kier alpha value is -1.12. The average Bonchev–Trinajstić information content (AvgIpc) is 3.10. The molecule has 0 saturated heterocycles. The van der Waals surface area contributed by atoms with Gasteiger partial charge in [0.1, 0.15) is 10.0 Å². The number of anilines is 1. The van der Waals surface area contributed by atoms with Crippen LogP contribution in [0.4, 0.5) is 5.13 Å². The monoisotopic (exact) mass is 328 g/mol. The van der Waals surface area contributed by atoms with Crippen molar-refractivity contribution >= 4 is 45.5 Å². The summed E-state index contributed by atoms with van der Waals surface area (Å²) >= 11 is 4.81. The predicted octanol–water partition coefficient (Wildman–Crippen LogP) is 2.94. The van der Waals surface area contributed by atoms with Crippen LogP contribution in [0.5, 0.6) is 0 Å². The third-order valence-electron chi connectivity index (χ3n) is 2.31. The molecule has 0 radical (unpaired) electrons. The number of hydrogen-bond donors (Lipinski definition) is 2. The molecule has 1 amide bonds. The number of thioether (sulfide) groups is 1. The Morgan fingerprint density at radius 1 is 1.45 bits per heavy atom. The first-order valence-corrected chi connectivity index (χ1v) is 9.04. The third kappa shape index (κ3) is 4.77. The maximum atomic E-state index is 11.8. The van der Waals surface area contributed by atoms with Gasteiger partial charge < -0.3 is 10.6 Å². The molecule has 0 aliphatic carbocycles. The molecule has 0 atom stereocenters. The van der Waals surface area contributed by atoms with E-state index in [4.69, 9.17) is 0 Å². The highest BCUT2D eigenvalue weighted by atomic mass is 32.2. The summed E-state index contributed by atoms with van der Waals surface area (Å²) in [6.45, 7) is 3.47. The summed E-state index contributed by atoms with van der Waals surface area (Å²) in [6, 6.07) is 0. The first-order valence-electron chi connectivity index (χ1n) is 6.29. The molecule has 2 rings (SSSR count). The zero-order valence-electron chi connectivity index (χ0n) is 11.1. The van der Waals surface area contributed by atoms with Gasteiger partial charge in [-0.2, -0.15) is 0 Å². The molecule has 0 unspecified atom stereocenters. The Labute approximate surface area is 130 Å². The Kier molecular flexibility index (Phi) is 6.28. The summed E-state index contributed by atoms with van der Waals surface area (Å²) in [5.41, 5.74) is 0.485. The van der Waals surface area contributed by atoms with E-state index < -0.39 is 0 Å². The molecule has 0 aromatic carbocycles. The van der Waals surface area contributed by atoms with Crippen LogP contribution >= 0.6 is 34.4 Å². The molecule has 8 heteroatoms. The highest BCUT2D eigenvalue weighted by Crippen LogP contribution is 2.20. The molecule has 2 aromatic rings. The van der Waals surface area contributed by atoms with Crippen molar-refractivity contribution in [3.8, 4) is 0 Å². The number of carbonyl (C=O) groups excluding carboxylic acids is 1. The van der Waals surface area contributed by atoms with E-state index in [-0.39, 0.29) is 5.91 Å². The summed E-state index contributed by atoms with van der Waals surface area (Å²) in [7, 11) is 0. The van der Waals surface area contributed by atoms with E-state index in [1.54, 1.807) is 34.7 Å². The number of rotatable bonds is 8. The van der Waals surface area contributed by atoms with Crippen LogP contribution in [-0.4, -0.2) is 34.7 Å². The van der Waals surface area contributed by atoms with Gasteiger partial charge in [-0.15, -0.1) is 22.7 Å². The number of thiazole rings is 2. The van der Waals surface area contributed by atoms with Gasteiger partial charge >= 0.3 is 0 Å². The molecular weight excluding hydrogens is 312 g/mol. The fourth-order valence-electron chi connectivity index (χ4n) is 1.42. The van der Waals surface area contributed by atoms with Crippen molar-refractivity contribution in [2.45, 2.75) is 17.7 Å². The maximum Gasteiger partial charge on any atom is 0.270 e. The van der Waals surface area contributed by atoms with E-state index in [1.165, 1.54) is 11.3 Å². The van der Waals surface area contributed by atoms with E-state index in [9.17, 15) is 4.79 Å². The summed E-state index contributed by atoms with van der Waals surface area (Å²) in [4.78, 5) is 20.3. The molecule has 0 saturated carbocycles. The second-order valence-electron chi connectivity index (χ2n) is 3.82. The van der Waals surface area contributed by atoms with Crippen LogP contribution in [0.1, 0.15) is 23.8 Å². The van der Waals surface area contributed by atoms with Gasteiger partial charge in [0.25, 0.3) is 5.91 Å². The highest BCUT2D eigenvalue weighted by Gasteiger charge is 2.09. The number of amides is 1. The Balaban J connectivity index is 1.64. The fourth-order valence-corrected chi connectivity index (χ4v) is 3.83. The topological polar surface area (TPSA) is 66.9 Å². The van der Waals surface area contributed by atoms with Crippen molar-refractivity contribution in [1.82, 2.24) is 15.3 Å². The van der Waals surface area contributed by atoms with Crippen molar-refractivity contribution < 1.29 is 4.79 Å². The first kappa shape index (κ1) is 15.3. The normalized spacial score (nSPS) is 10.4. The van der Waals surface area contributed by atoms with Crippen molar-refractivity contribution in [1.29, 1.82) is 0 Å². The van der Waals surface area contributed by atoms with Crippen molar-refractivity contribution in [2.24, 2.45) is 0 Å². The van der Waals surface area contributed by atoms with E-state index in [0.29, 0.717) is 12.2 Å². The number of nitrogens with zero attached hydrogens (tertiary/aromatic N) is 2. The van der Waals surface area contributed by atoms with Crippen LogP contribution in [0.25, 0.3) is 0 Å². The van der Waals surface area contributed by atoms with Gasteiger partial charge in [-0.25, -0.2) is 9.97 Å². The third-order valence-corrected chi connectivity index (χ3v) is 5.16. The molecule has 108 valence electrons. The van der Waals surface area contributed by atoms with Crippen LogP contribution < -0.4 is 10.6 Å². The van der Waals surface area contributed by atoms with Gasteiger partial charge in [0, 0.05) is 35.8 Å². The van der Waals surface area contributed by atoms with Crippen molar-refractivity contribution in [3.63, 3.8) is 0 Å². The smallest absolute Gasteiger partial charge is 0.270 e. The SMILES string of the molecule is CCNc1nc(C(=O)NCCCSc2nccs2)cs1. The van der Waals surface area contributed by atoms with Gasteiger partial charge in [0.15, 0.2) is 5.13 Å². The molecule has 0 aliphatic heterocycles. The molecule has 2 heterocycles. The maximum absolute atomic E-state index is 11.8. The van der Waals surface area contributed by atoms with Crippen molar-refractivity contribution in [3.05, 3.63) is 22.7 Å². The van der Waals surface area contributed by atoms with Gasteiger partial charge in [-0.1, -0.05) is 11.8 Å². The molecule has 2 aromatic heterocycles. The fraction of sp³-hybridized carbons (Fsp3) is 0.417. The Morgan fingerprint density at radius 3 is 3.10 bits per heavy atom. The highest BCUT2D eigenvalue weighted by molar-refractivity contribution is 8.00. The minimum atomic E-state index is -0.107. The van der Waals surface area contributed by atoms with E-state index >= 15 is 0 Å². The lowest BCUT2D eigenvalue weighted by molar-refractivity contribution is 0.0949. The second-order valence-corrected chi connectivity index (χ2v) is 6.92. The summed E-state index contributed by atoms with van der Waals surface area (Å²) in [5, 5.41) is 10.5. The average molecular weight is 328 g/mol. The van der Waals surface area contributed by atoms with E-state index in [1.807, 2.05) is 12.3 Å². The lowest BCUT2D eigenvalue weighted by atomic mass is 10.4. The molecule has 0 fully saturated rings. The standard InChI is InChI=1S/C12H16N4OS3/c1-2-13-11-16-9(8-20-11)10(17)14-4-3-6-18-12-15-5-7-19-12/h5,7-8H,2-4,6H2,1H3,(H,13,16)(H,14,17). The lowest BCUT2D eigenvalue weighted by Gasteiger charge is -2.02. The van der Waals surface area contributed by atoms with E-state index in [2.05, 4.69) is 20.6 Å². The second kappa shape index (κ2) is 8.23. The summed E-state index contributed by atoms with van der Waals surface area (Å²) in [6.07, 6.45) is 2.72. The largest absolute Gasteiger partial charge is 0.362 e. The van der Waals surface area contributed by atoms with Crippen molar-refractivity contribution in [2.75, 3.05) is 24.2 Å². The zero-order chi connectivity index (χ0) is 14.2. The molecular formula is C12H16N4OS3. The molecule has 2 N–H and O–H groups in total. The Bertz CT molecular complexity index is 527. The van der Waals surface area contributed by atoms with Gasteiger partial charge in [0.2, 0.25) is 0 Å². The van der Waals surface area contributed by atoms with Crippen LogP contribution in [-0.2, 0) is 0 Å². The quantitative estimate of drug-likeness (QED) is 0.576. The summed E-state index contributed by atoms with van der Waals surface area (Å²) in [5.74, 6) is 0.845. The number of aromatic nitrogens is 2. The predicted molar refractivity (Wildman–Crippen MR) is 86.1 cm³/mol. The Morgan fingerprint density at radius 2 is 2.35 bits per heavy atom. The lowest BCUT2D eigenvalue weighted by Crippen LogP contribution is -2.25. The van der Waals surface area contributed by atoms with Crippen LogP contribution in [0.15, 0.2) is 21.3 Å². The van der Waals surface area contributed by atoms with Gasteiger partial charge in [-0.05, 0) is 13.3 Å². The van der Waals surface area contributed by atoms with Gasteiger partial charge in [-0.3, -0.25) is 4.79 Å². The number of carbonyl (C=O) groups is 1. The number of hydrogen-bond acceptors (Lipinski definition) is 7. The van der Waals surface area contributed by atoms with Crippen LogP contribution in [0.3, 0.4) is 0 Å². The first-order chi connectivity index (χ1) is 9.79.